The van der Waals surface area contributed by atoms with Gasteiger partial charge >= 0.3 is 0 Å². The minimum atomic E-state index is -0.527. The number of nitriles is 1. The van der Waals surface area contributed by atoms with Crippen LogP contribution < -0.4 is 10.1 Å². The molecule has 6 rings (SSSR count). The van der Waals surface area contributed by atoms with E-state index in [1.54, 1.807) is 0 Å². The molecule has 3 heterocycles. The van der Waals surface area contributed by atoms with E-state index < -0.39 is 5.41 Å². The number of hydrogen-bond acceptors (Lipinski definition) is 4. The van der Waals surface area contributed by atoms with Gasteiger partial charge in [-0.25, -0.2) is 0 Å². The fourth-order valence-electron chi connectivity index (χ4n) is 5.18. The molecule has 0 bridgehead atoms. The van der Waals surface area contributed by atoms with E-state index in [9.17, 15) is 10.1 Å². The highest BCUT2D eigenvalue weighted by atomic mass is 16.5. The van der Waals surface area contributed by atoms with E-state index in [0.717, 1.165) is 57.4 Å². The highest BCUT2D eigenvalue weighted by Crippen LogP contribution is 2.40. The first kappa shape index (κ1) is 22.4. The molecule has 0 saturated carbocycles. The minimum Gasteiger partial charge on any atom is -0.489 e. The second kappa shape index (κ2) is 8.54. The van der Waals surface area contributed by atoms with Gasteiger partial charge in [-0.05, 0) is 60.9 Å². The Morgan fingerprint density at radius 1 is 1.03 bits per heavy atom. The number of anilines is 1. The minimum absolute atomic E-state index is 0.0196. The van der Waals surface area contributed by atoms with Crippen molar-refractivity contribution in [2.24, 2.45) is 0 Å². The van der Waals surface area contributed by atoms with Gasteiger partial charge in [0.1, 0.15) is 17.9 Å². The van der Waals surface area contributed by atoms with E-state index in [4.69, 9.17) is 9.47 Å². The molecule has 6 heteroatoms. The summed E-state index contributed by atoms with van der Waals surface area (Å²) in [6.07, 6.45) is 1.75. The second-order valence-electron chi connectivity index (χ2n) is 10.0. The van der Waals surface area contributed by atoms with Gasteiger partial charge in [0.2, 0.25) is 5.91 Å². The van der Waals surface area contributed by atoms with E-state index in [1.165, 1.54) is 0 Å². The molecule has 6 nitrogen and oxygen atoms in total. The monoisotopic (exact) mass is 477 g/mol. The third-order valence-electron chi connectivity index (χ3n) is 7.36. The van der Waals surface area contributed by atoms with Gasteiger partial charge in [-0.1, -0.05) is 30.3 Å². The standard InChI is InChI=1S/C30H27N3O3/c1-30(2)24-8-6-19(15-27(24)33-29(30)34)26-16-23-22(4-3-5-25(23)32-26)18-7-9-28(20(14-18)17-31)36-21-10-12-35-13-11-21/h3-9,14-16,21,32H,10-13H2,1-2H3,(H,33,34). The molecule has 0 aliphatic carbocycles. The van der Waals surface area contributed by atoms with Gasteiger partial charge < -0.3 is 19.8 Å². The summed E-state index contributed by atoms with van der Waals surface area (Å²) in [7, 11) is 0. The molecular formula is C30H27N3O3. The van der Waals surface area contributed by atoms with Crippen molar-refractivity contribution in [3.8, 4) is 34.2 Å². The van der Waals surface area contributed by atoms with Crippen LogP contribution >= 0.6 is 0 Å². The molecule has 1 aromatic heterocycles. The quantitative estimate of drug-likeness (QED) is 0.368. The number of amides is 1. The van der Waals surface area contributed by atoms with E-state index in [1.807, 2.05) is 50.2 Å². The van der Waals surface area contributed by atoms with Crippen LogP contribution in [0.2, 0.25) is 0 Å². The third kappa shape index (κ3) is 3.73. The number of H-pyrrole nitrogens is 1. The number of rotatable bonds is 4. The number of aromatic nitrogens is 1. The van der Waals surface area contributed by atoms with Crippen LogP contribution in [0.5, 0.6) is 5.75 Å². The average molecular weight is 478 g/mol. The van der Waals surface area contributed by atoms with Crippen molar-refractivity contribution in [1.29, 1.82) is 5.26 Å². The lowest BCUT2D eigenvalue weighted by atomic mass is 9.86. The van der Waals surface area contributed by atoms with Crippen LogP contribution in [0, 0.1) is 11.3 Å². The SMILES string of the molecule is CC1(C)C(=O)Nc2cc(-c3cc4c(-c5ccc(OC6CCOCC6)c(C#N)c5)cccc4[nH]3)ccc21. The molecule has 0 unspecified atom stereocenters. The molecule has 3 aromatic carbocycles. The van der Waals surface area contributed by atoms with E-state index in [-0.39, 0.29) is 12.0 Å². The topological polar surface area (TPSA) is 87.1 Å². The lowest BCUT2D eigenvalue weighted by Gasteiger charge is -2.24. The molecule has 1 amide bonds. The highest BCUT2D eigenvalue weighted by Gasteiger charge is 2.38. The summed E-state index contributed by atoms with van der Waals surface area (Å²) >= 11 is 0. The molecule has 1 saturated heterocycles. The van der Waals surface area contributed by atoms with Crippen molar-refractivity contribution in [2.45, 2.75) is 38.2 Å². The van der Waals surface area contributed by atoms with Crippen molar-refractivity contribution in [3.05, 3.63) is 71.8 Å². The predicted molar refractivity (Wildman–Crippen MR) is 140 cm³/mol. The summed E-state index contributed by atoms with van der Waals surface area (Å²) in [4.78, 5) is 15.9. The van der Waals surface area contributed by atoms with Crippen LogP contribution in [-0.4, -0.2) is 30.2 Å². The Labute approximate surface area is 209 Å². The number of nitrogens with one attached hydrogen (secondary N) is 2. The summed E-state index contributed by atoms with van der Waals surface area (Å²) in [5, 5.41) is 13.9. The van der Waals surface area contributed by atoms with Gasteiger partial charge in [-0.2, -0.15) is 5.26 Å². The average Bonchev–Trinajstić information content (AvgIpc) is 3.43. The van der Waals surface area contributed by atoms with Gasteiger partial charge in [0.05, 0.1) is 24.2 Å². The Morgan fingerprint density at radius 2 is 1.83 bits per heavy atom. The predicted octanol–water partition coefficient (Wildman–Crippen LogP) is 6.16. The zero-order chi connectivity index (χ0) is 24.9. The zero-order valence-electron chi connectivity index (χ0n) is 20.4. The smallest absolute Gasteiger partial charge is 0.234 e. The largest absolute Gasteiger partial charge is 0.489 e. The molecule has 180 valence electrons. The summed E-state index contributed by atoms with van der Waals surface area (Å²) in [6.45, 7) is 5.27. The maximum atomic E-state index is 12.4. The second-order valence-corrected chi connectivity index (χ2v) is 10.0. The highest BCUT2D eigenvalue weighted by molar-refractivity contribution is 6.06. The van der Waals surface area contributed by atoms with Crippen LogP contribution in [-0.2, 0) is 14.9 Å². The molecule has 0 spiro atoms. The molecule has 2 aliphatic heterocycles. The molecule has 0 atom stereocenters. The van der Waals surface area contributed by atoms with E-state index in [0.29, 0.717) is 24.5 Å². The fourth-order valence-corrected chi connectivity index (χ4v) is 5.18. The molecule has 1 fully saturated rings. The van der Waals surface area contributed by atoms with Crippen LogP contribution in [0.3, 0.4) is 0 Å². The van der Waals surface area contributed by atoms with Gasteiger partial charge in [0.25, 0.3) is 0 Å². The van der Waals surface area contributed by atoms with Crippen molar-refractivity contribution in [1.82, 2.24) is 4.98 Å². The molecule has 0 radical (unpaired) electrons. The molecular weight excluding hydrogens is 450 g/mol. The summed E-state index contributed by atoms with van der Waals surface area (Å²) in [5.74, 6) is 0.643. The molecule has 2 N–H and O–H groups in total. The Balaban J connectivity index is 1.35. The van der Waals surface area contributed by atoms with Crippen LogP contribution in [0.4, 0.5) is 5.69 Å². The van der Waals surface area contributed by atoms with E-state index >= 15 is 0 Å². The summed E-state index contributed by atoms with van der Waals surface area (Å²) in [6, 6.07) is 22.5. The van der Waals surface area contributed by atoms with Gasteiger partial charge in [0.15, 0.2) is 0 Å². The first-order valence-corrected chi connectivity index (χ1v) is 12.3. The number of aromatic amines is 1. The third-order valence-corrected chi connectivity index (χ3v) is 7.36. The molecule has 2 aliphatic rings. The number of benzene rings is 3. The molecule has 36 heavy (non-hydrogen) atoms. The first-order valence-electron chi connectivity index (χ1n) is 12.3. The Bertz CT molecular complexity index is 1540. The van der Waals surface area contributed by atoms with Crippen molar-refractivity contribution in [2.75, 3.05) is 18.5 Å². The fraction of sp³-hybridized carbons (Fsp3) is 0.267. The van der Waals surface area contributed by atoms with Crippen molar-refractivity contribution < 1.29 is 14.3 Å². The van der Waals surface area contributed by atoms with Crippen LogP contribution in [0.25, 0.3) is 33.3 Å². The van der Waals surface area contributed by atoms with Crippen molar-refractivity contribution >= 4 is 22.5 Å². The number of hydrogen-bond donors (Lipinski definition) is 2. The van der Waals surface area contributed by atoms with Gasteiger partial charge in [-0.15, -0.1) is 0 Å². The number of carbonyl (C=O) groups excluding carboxylic acids is 1. The lowest BCUT2D eigenvalue weighted by molar-refractivity contribution is -0.119. The Morgan fingerprint density at radius 3 is 2.64 bits per heavy atom. The van der Waals surface area contributed by atoms with Crippen LogP contribution in [0.15, 0.2) is 60.7 Å². The molecule has 4 aromatic rings. The Kier molecular flexibility index (Phi) is 5.31. The maximum absolute atomic E-state index is 12.4. The summed E-state index contributed by atoms with van der Waals surface area (Å²) < 4.78 is 11.6. The maximum Gasteiger partial charge on any atom is 0.234 e. The zero-order valence-corrected chi connectivity index (χ0v) is 20.4. The first-order chi connectivity index (χ1) is 17.4. The van der Waals surface area contributed by atoms with Gasteiger partial charge in [-0.3, -0.25) is 4.79 Å². The number of fused-ring (bicyclic) bond motifs is 2. The van der Waals surface area contributed by atoms with Gasteiger partial charge in [0, 0.05) is 40.7 Å². The number of ether oxygens (including phenoxy) is 2. The Hall–Kier alpha value is -4.08. The van der Waals surface area contributed by atoms with Crippen LogP contribution in [0.1, 0.15) is 37.8 Å². The van der Waals surface area contributed by atoms with E-state index in [2.05, 4.69) is 40.6 Å². The number of carbonyl (C=O) groups is 1. The number of nitrogens with zero attached hydrogens (tertiary/aromatic N) is 1. The lowest BCUT2D eigenvalue weighted by Crippen LogP contribution is -2.26. The summed E-state index contributed by atoms with van der Waals surface area (Å²) in [5.41, 5.74) is 6.87. The van der Waals surface area contributed by atoms with Crippen molar-refractivity contribution in [3.63, 3.8) is 0 Å². The normalized spacial score (nSPS) is 17.0.